The largest absolute Gasteiger partial charge is 0.393 e. The molecule has 4 nitrogen and oxygen atoms in total. The van der Waals surface area contributed by atoms with Crippen LogP contribution in [-0.2, 0) is 11.2 Å². The molecule has 0 saturated heterocycles. The lowest BCUT2D eigenvalue weighted by Crippen LogP contribution is -2.40. The van der Waals surface area contributed by atoms with E-state index in [4.69, 9.17) is 5.41 Å². The molecule has 1 amide bonds. The summed E-state index contributed by atoms with van der Waals surface area (Å²) in [7, 11) is 0. The van der Waals surface area contributed by atoms with Crippen molar-refractivity contribution in [3.63, 3.8) is 0 Å². The van der Waals surface area contributed by atoms with Gasteiger partial charge in [0.15, 0.2) is 0 Å². The van der Waals surface area contributed by atoms with Gasteiger partial charge in [-0.3, -0.25) is 4.79 Å². The van der Waals surface area contributed by atoms with Gasteiger partial charge in [-0.25, -0.2) is 0 Å². The highest BCUT2D eigenvalue weighted by molar-refractivity contribution is 6.13. The number of hydrogen-bond acceptors (Lipinski definition) is 3. The lowest BCUT2D eigenvalue weighted by molar-refractivity contribution is -0.118. The number of anilines is 1. The van der Waals surface area contributed by atoms with E-state index in [1.165, 1.54) is 11.1 Å². The van der Waals surface area contributed by atoms with Crippen molar-refractivity contribution >= 4 is 17.3 Å². The third-order valence-electron chi connectivity index (χ3n) is 6.06. The fourth-order valence-corrected chi connectivity index (χ4v) is 3.99. The zero-order valence-corrected chi connectivity index (χ0v) is 20.0. The number of carbonyl (C=O) groups is 1. The first-order valence-corrected chi connectivity index (χ1v) is 11.5. The lowest BCUT2D eigenvalue weighted by atomic mass is 9.89. The van der Waals surface area contributed by atoms with E-state index in [9.17, 15) is 9.90 Å². The van der Waals surface area contributed by atoms with E-state index in [0.717, 1.165) is 22.4 Å². The molecule has 0 aliphatic rings. The lowest BCUT2D eigenvalue weighted by Gasteiger charge is -2.29. The Bertz CT molecular complexity index is 1090. The normalized spacial score (nSPS) is 12.8. The van der Waals surface area contributed by atoms with Crippen LogP contribution in [0.1, 0.15) is 47.1 Å². The zero-order valence-electron chi connectivity index (χ0n) is 20.0. The molecule has 0 saturated carbocycles. The van der Waals surface area contributed by atoms with Gasteiger partial charge in [-0.15, -0.1) is 0 Å². The van der Waals surface area contributed by atoms with E-state index < -0.39 is 12.0 Å². The van der Waals surface area contributed by atoms with Gasteiger partial charge < -0.3 is 15.4 Å². The number of aryl methyl sites for hydroxylation is 3. The summed E-state index contributed by atoms with van der Waals surface area (Å²) in [5.41, 5.74) is 6.50. The van der Waals surface area contributed by atoms with E-state index in [1.807, 2.05) is 55.5 Å². The molecule has 0 radical (unpaired) electrons. The summed E-state index contributed by atoms with van der Waals surface area (Å²) in [6.45, 7) is 8.33. The molecule has 1 unspecified atom stereocenters. The van der Waals surface area contributed by atoms with Crippen molar-refractivity contribution in [2.24, 2.45) is 0 Å². The first-order valence-electron chi connectivity index (χ1n) is 11.5. The number of nitrogens with zero attached hydrogens (tertiary/aromatic N) is 1. The molecule has 0 aliphatic carbocycles. The maximum absolute atomic E-state index is 14.0. The second-order valence-corrected chi connectivity index (χ2v) is 8.92. The predicted molar refractivity (Wildman–Crippen MR) is 136 cm³/mol. The van der Waals surface area contributed by atoms with E-state index >= 15 is 0 Å². The molecule has 172 valence electrons. The monoisotopic (exact) mass is 442 g/mol. The van der Waals surface area contributed by atoms with Gasteiger partial charge in [0, 0.05) is 24.4 Å². The minimum absolute atomic E-state index is 0.137. The molecule has 0 spiro atoms. The quantitative estimate of drug-likeness (QED) is 0.414. The van der Waals surface area contributed by atoms with Crippen molar-refractivity contribution in [2.45, 2.75) is 52.6 Å². The summed E-state index contributed by atoms with van der Waals surface area (Å²) in [6.07, 6.45) is 0.188. The van der Waals surface area contributed by atoms with Crippen LogP contribution in [0.3, 0.4) is 0 Å². The molecule has 0 heterocycles. The average Bonchev–Trinajstić information content (AvgIpc) is 2.78. The molecule has 4 heteroatoms. The number of aliphatic hydroxyl groups is 1. The van der Waals surface area contributed by atoms with Crippen LogP contribution < -0.4 is 4.90 Å². The summed E-state index contributed by atoms with van der Waals surface area (Å²) in [5.74, 6) is -0.873. The number of benzene rings is 3. The Morgan fingerprint density at radius 1 is 0.939 bits per heavy atom. The molecule has 0 bridgehead atoms. The summed E-state index contributed by atoms with van der Waals surface area (Å²) in [4.78, 5) is 15.8. The minimum atomic E-state index is -0.736. The predicted octanol–water partition coefficient (Wildman–Crippen LogP) is 5.76. The van der Waals surface area contributed by atoms with Crippen LogP contribution in [0.25, 0.3) is 0 Å². The van der Waals surface area contributed by atoms with Crippen LogP contribution in [0.4, 0.5) is 5.69 Å². The fourth-order valence-electron chi connectivity index (χ4n) is 3.99. The number of nitrogens with one attached hydrogen (secondary N) is 1. The third-order valence-corrected chi connectivity index (χ3v) is 6.06. The van der Waals surface area contributed by atoms with Crippen LogP contribution in [0.15, 0.2) is 72.8 Å². The number of aliphatic hydroxyl groups excluding tert-OH is 1. The van der Waals surface area contributed by atoms with E-state index in [0.29, 0.717) is 13.0 Å². The number of hydrogen-bond donors (Lipinski definition) is 2. The number of amides is 1. The Morgan fingerprint density at radius 2 is 1.61 bits per heavy atom. The third kappa shape index (κ3) is 6.39. The van der Waals surface area contributed by atoms with Gasteiger partial charge in [-0.05, 0) is 68.5 Å². The highest BCUT2D eigenvalue weighted by Gasteiger charge is 2.31. The molecule has 3 aromatic carbocycles. The number of rotatable bonds is 9. The molecule has 3 rings (SSSR count). The molecule has 2 N–H and O–H groups in total. The summed E-state index contributed by atoms with van der Waals surface area (Å²) in [5, 5.41) is 18.6. The van der Waals surface area contributed by atoms with Crippen molar-refractivity contribution in [3.05, 3.63) is 101 Å². The van der Waals surface area contributed by atoms with Gasteiger partial charge in [0.25, 0.3) is 0 Å². The zero-order chi connectivity index (χ0) is 24.0. The summed E-state index contributed by atoms with van der Waals surface area (Å²) >= 11 is 0. The highest BCUT2D eigenvalue weighted by Crippen LogP contribution is 2.27. The Morgan fingerprint density at radius 3 is 2.21 bits per heavy atom. The molecule has 33 heavy (non-hydrogen) atoms. The average molecular weight is 443 g/mol. The fraction of sp³-hybridized carbons (Fsp3) is 0.310. The van der Waals surface area contributed by atoms with Gasteiger partial charge in [0.1, 0.15) is 5.92 Å². The van der Waals surface area contributed by atoms with Crippen LogP contribution in [-0.4, -0.2) is 29.4 Å². The highest BCUT2D eigenvalue weighted by atomic mass is 16.3. The van der Waals surface area contributed by atoms with Crippen molar-refractivity contribution < 1.29 is 9.90 Å². The molecule has 0 fully saturated rings. The second-order valence-electron chi connectivity index (χ2n) is 8.92. The Kier molecular flexibility index (Phi) is 8.18. The van der Waals surface area contributed by atoms with Crippen LogP contribution >= 0.6 is 0 Å². The Balaban J connectivity index is 1.99. The van der Waals surface area contributed by atoms with Gasteiger partial charge in [0.05, 0.1) is 6.10 Å². The van der Waals surface area contributed by atoms with Gasteiger partial charge >= 0.3 is 0 Å². The van der Waals surface area contributed by atoms with Gasteiger partial charge in [-0.1, -0.05) is 66.2 Å². The van der Waals surface area contributed by atoms with E-state index in [-0.39, 0.29) is 18.0 Å². The standard InChI is InChI=1S/C29H34N2O2/c1-20-10-13-24(14-11-20)16-17-31(26-15-12-21(2)22(3)18-26)29(33)28(27(30)19-23(4)32)25-8-6-5-7-9-25/h5-15,18,23,28,30,32H,16-17,19H2,1-4H3/t23-,28?/m0/s1. The Hall–Kier alpha value is -3.24. The first kappa shape index (κ1) is 24.4. The topological polar surface area (TPSA) is 64.4 Å². The molecular formula is C29H34N2O2. The maximum atomic E-state index is 14.0. The van der Waals surface area contributed by atoms with Gasteiger partial charge in [-0.2, -0.15) is 0 Å². The van der Waals surface area contributed by atoms with Crippen LogP contribution in [0.5, 0.6) is 0 Å². The van der Waals surface area contributed by atoms with Gasteiger partial charge in [0.2, 0.25) is 5.91 Å². The smallest absolute Gasteiger partial charge is 0.240 e. The van der Waals surface area contributed by atoms with Crippen LogP contribution in [0, 0.1) is 26.2 Å². The summed E-state index contributed by atoms with van der Waals surface area (Å²) < 4.78 is 0. The minimum Gasteiger partial charge on any atom is -0.393 e. The second kappa shape index (κ2) is 11.1. The van der Waals surface area contributed by atoms with Crippen molar-refractivity contribution in [1.82, 2.24) is 0 Å². The van der Waals surface area contributed by atoms with Crippen molar-refractivity contribution in [1.29, 1.82) is 5.41 Å². The molecule has 0 aliphatic heterocycles. The SMILES string of the molecule is Cc1ccc(CCN(C(=O)C(C(=N)C[C@H](C)O)c2ccccc2)c2ccc(C)c(C)c2)cc1. The number of carbonyl (C=O) groups excluding carboxylic acids is 1. The first-order chi connectivity index (χ1) is 15.8. The molecule has 3 aromatic rings. The van der Waals surface area contributed by atoms with E-state index in [1.54, 1.807) is 11.8 Å². The van der Waals surface area contributed by atoms with E-state index in [2.05, 4.69) is 38.1 Å². The molecule has 2 atom stereocenters. The van der Waals surface area contributed by atoms with Crippen LogP contribution in [0.2, 0.25) is 0 Å². The Labute approximate surface area is 197 Å². The molecule has 0 aromatic heterocycles. The molecular weight excluding hydrogens is 408 g/mol. The summed E-state index contributed by atoms with van der Waals surface area (Å²) in [6, 6.07) is 23.9. The maximum Gasteiger partial charge on any atom is 0.240 e. The van der Waals surface area contributed by atoms with Crippen molar-refractivity contribution in [2.75, 3.05) is 11.4 Å². The van der Waals surface area contributed by atoms with Crippen molar-refractivity contribution in [3.8, 4) is 0 Å².